The normalized spacial score (nSPS) is 13.6. The largest absolute Gasteiger partial charge is 0.438 e. The van der Waals surface area contributed by atoms with E-state index >= 15 is 0 Å². The van der Waals surface area contributed by atoms with E-state index in [1.54, 1.807) is 18.6 Å². The summed E-state index contributed by atoms with van der Waals surface area (Å²) in [5.41, 5.74) is 1.19. The van der Waals surface area contributed by atoms with Crippen molar-refractivity contribution in [1.82, 2.24) is 15.3 Å². The van der Waals surface area contributed by atoms with Crippen molar-refractivity contribution in [3.8, 4) is 11.6 Å². The highest BCUT2D eigenvalue weighted by molar-refractivity contribution is 5.29. The van der Waals surface area contributed by atoms with E-state index in [0.29, 0.717) is 11.8 Å². The molecule has 0 radical (unpaired) electrons. The van der Waals surface area contributed by atoms with Crippen LogP contribution in [0.15, 0.2) is 42.9 Å². The van der Waals surface area contributed by atoms with Gasteiger partial charge in [-0.05, 0) is 43.5 Å². The van der Waals surface area contributed by atoms with Crippen LogP contribution in [-0.4, -0.2) is 27.7 Å². The lowest BCUT2D eigenvalue weighted by Gasteiger charge is -2.14. The molecule has 22 heavy (non-hydrogen) atoms. The summed E-state index contributed by atoms with van der Waals surface area (Å²) in [5, 5.41) is 12.7. The van der Waals surface area contributed by atoms with Crippen molar-refractivity contribution in [2.45, 2.75) is 32.9 Å². The quantitative estimate of drug-likeness (QED) is 0.785. The Labute approximate surface area is 131 Å². The zero-order valence-electron chi connectivity index (χ0n) is 13.1. The maximum absolute atomic E-state index is 9.34. The topological polar surface area (TPSA) is 67.3 Å². The van der Waals surface area contributed by atoms with Gasteiger partial charge in [0.1, 0.15) is 5.75 Å². The Morgan fingerprint density at radius 2 is 1.95 bits per heavy atom. The number of aromatic nitrogens is 2. The molecule has 2 N–H and O–H groups in total. The number of hydrogen-bond donors (Lipinski definition) is 2. The highest BCUT2D eigenvalue weighted by Crippen LogP contribution is 2.18. The van der Waals surface area contributed by atoms with E-state index in [-0.39, 0.29) is 6.10 Å². The first-order valence-electron chi connectivity index (χ1n) is 7.55. The van der Waals surface area contributed by atoms with Gasteiger partial charge in [-0.25, -0.2) is 4.98 Å². The van der Waals surface area contributed by atoms with E-state index < -0.39 is 0 Å². The first-order chi connectivity index (χ1) is 10.6. The summed E-state index contributed by atoms with van der Waals surface area (Å²) >= 11 is 0. The van der Waals surface area contributed by atoms with E-state index in [1.165, 1.54) is 5.56 Å². The predicted octanol–water partition coefficient (Wildman–Crippen LogP) is 2.77. The third-order valence-corrected chi connectivity index (χ3v) is 3.25. The Kier molecular flexibility index (Phi) is 6.30. The lowest BCUT2D eigenvalue weighted by atomic mass is 10.0. The SMILES string of the molecule is CC(O)CC(C)CNCc1ccc(Oc2cnccn2)cc1. The molecule has 1 aromatic heterocycles. The number of aliphatic hydroxyl groups excluding tert-OH is 1. The number of rotatable bonds is 8. The van der Waals surface area contributed by atoms with Crippen molar-refractivity contribution in [2.75, 3.05) is 6.54 Å². The minimum Gasteiger partial charge on any atom is -0.438 e. The second-order valence-electron chi connectivity index (χ2n) is 5.61. The van der Waals surface area contributed by atoms with Gasteiger partial charge in [-0.2, -0.15) is 0 Å². The average Bonchev–Trinajstić information content (AvgIpc) is 2.49. The van der Waals surface area contributed by atoms with Crippen molar-refractivity contribution in [3.63, 3.8) is 0 Å². The molecule has 2 unspecified atom stereocenters. The van der Waals surface area contributed by atoms with Crippen molar-refractivity contribution in [2.24, 2.45) is 5.92 Å². The Morgan fingerprint density at radius 3 is 2.59 bits per heavy atom. The molecule has 1 heterocycles. The molecule has 0 saturated carbocycles. The molecular weight excluding hydrogens is 278 g/mol. The molecule has 0 amide bonds. The molecule has 0 aliphatic rings. The van der Waals surface area contributed by atoms with Crippen molar-refractivity contribution < 1.29 is 9.84 Å². The molecule has 0 spiro atoms. The highest BCUT2D eigenvalue weighted by Gasteiger charge is 2.05. The summed E-state index contributed by atoms with van der Waals surface area (Å²) in [5.74, 6) is 1.69. The van der Waals surface area contributed by atoms with E-state index in [2.05, 4.69) is 22.2 Å². The molecule has 0 aliphatic carbocycles. The smallest absolute Gasteiger partial charge is 0.237 e. The number of hydrogen-bond acceptors (Lipinski definition) is 5. The van der Waals surface area contributed by atoms with Gasteiger partial charge in [-0.15, -0.1) is 0 Å². The maximum atomic E-state index is 9.34. The molecule has 2 rings (SSSR count). The summed E-state index contributed by atoms with van der Waals surface area (Å²) in [7, 11) is 0. The zero-order valence-corrected chi connectivity index (χ0v) is 13.1. The van der Waals surface area contributed by atoms with Crippen LogP contribution in [0.4, 0.5) is 0 Å². The Morgan fingerprint density at radius 1 is 1.18 bits per heavy atom. The fourth-order valence-corrected chi connectivity index (χ4v) is 2.26. The van der Waals surface area contributed by atoms with E-state index in [9.17, 15) is 5.11 Å². The maximum Gasteiger partial charge on any atom is 0.237 e. The van der Waals surface area contributed by atoms with Gasteiger partial charge in [0.05, 0.1) is 12.3 Å². The number of nitrogens with one attached hydrogen (secondary N) is 1. The van der Waals surface area contributed by atoms with Gasteiger partial charge in [-0.1, -0.05) is 19.1 Å². The molecule has 0 aliphatic heterocycles. The second-order valence-corrected chi connectivity index (χ2v) is 5.61. The molecule has 0 bridgehead atoms. The van der Waals surface area contributed by atoms with Crippen LogP contribution in [0.3, 0.4) is 0 Å². The van der Waals surface area contributed by atoms with Crippen LogP contribution in [0.25, 0.3) is 0 Å². The molecule has 118 valence electrons. The molecule has 5 heteroatoms. The van der Waals surface area contributed by atoms with Gasteiger partial charge in [0.25, 0.3) is 0 Å². The van der Waals surface area contributed by atoms with Crippen molar-refractivity contribution in [1.29, 1.82) is 0 Å². The average molecular weight is 301 g/mol. The monoisotopic (exact) mass is 301 g/mol. The van der Waals surface area contributed by atoms with Crippen LogP contribution in [0, 0.1) is 5.92 Å². The number of aliphatic hydroxyl groups is 1. The zero-order chi connectivity index (χ0) is 15.8. The van der Waals surface area contributed by atoms with Crippen LogP contribution in [-0.2, 0) is 6.54 Å². The number of ether oxygens (including phenoxy) is 1. The van der Waals surface area contributed by atoms with Crippen LogP contribution in [0.5, 0.6) is 11.6 Å². The van der Waals surface area contributed by atoms with Gasteiger partial charge in [0.15, 0.2) is 0 Å². The molecule has 5 nitrogen and oxygen atoms in total. The van der Waals surface area contributed by atoms with Gasteiger partial charge in [-0.3, -0.25) is 4.98 Å². The number of nitrogens with zero attached hydrogens (tertiary/aromatic N) is 2. The predicted molar refractivity (Wildman–Crippen MR) is 85.7 cm³/mol. The minimum atomic E-state index is -0.241. The van der Waals surface area contributed by atoms with Gasteiger partial charge in [0.2, 0.25) is 5.88 Å². The number of benzene rings is 1. The standard InChI is InChI=1S/C17H23N3O2/c1-13(9-14(2)21)10-19-11-15-3-5-16(6-4-15)22-17-12-18-7-8-20-17/h3-8,12-14,19,21H,9-11H2,1-2H3. The van der Waals surface area contributed by atoms with Gasteiger partial charge in [0, 0.05) is 18.9 Å². The Hall–Kier alpha value is -1.98. The summed E-state index contributed by atoms with van der Waals surface area (Å²) in [6.45, 7) is 5.65. The fourth-order valence-electron chi connectivity index (χ4n) is 2.26. The molecule has 2 aromatic rings. The molecule has 0 saturated heterocycles. The molecule has 2 atom stereocenters. The van der Waals surface area contributed by atoms with E-state index in [4.69, 9.17) is 4.74 Å². The van der Waals surface area contributed by atoms with Crippen LogP contribution in [0.2, 0.25) is 0 Å². The van der Waals surface area contributed by atoms with Crippen molar-refractivity contribution >= 4 is 0 Å². The molecule has 0 fully saturated rings. The van der Waals surface area contributed by atoms with Crippen LogP contribution >= 0.6 is 0 Å². The van der Waals surface area contributed by atoms with E-state index in [0.717, 1.165) is 25.3 Å². The van der Waals surface area contributed by atoms with Gasteiger partial charge < -0.3 is 15.2 Å². The van der Waals surface area contributed by atoms with Gasteiger partial charge >= 0.3 is 0 Å². The van der Waals surface area contributed by atoms with E-state index in [1.807, 2.05) is 31.2 Å². The summed E-state index contributed by atoms with van der Waals surface area (Å²) in [6, 6.07) is 7.89. The first kappa shape index (κ1) is 16.4. The molecule has 1 aromatic carbocycles. The van der Waals surface area contributed by atoms with Crippen molar-refractivity contribution in [3.05, 3.63) is 48.4 Å². The third kappa shape index (κ3) is 5.79. The minimum absolute atomic E-state index is 0.241. The first-order valence-corrected chi connectivity index (χ1v) is 7.55. The lowest BCUT2D eigenvalue weighted by Crippen LogP contribution is -2.23. The Balaban J connectivity index is 1.77. The second kappa shape index (κ2) is 8.46. The lowest BCUT2D eigenvalue weighted by molar-refractivity contribution is 0.163. The summed E-state index contributed by atoms with van der Waals surface area (Å²) < 4.78 is 5.60. The fraction of sp³-hybridized carbons (Fsp3) is 0.412. The molecular formula is C17H23N3O2. The van der Waals surface area contributed by atoms with Crippen LogP contribution in [0.1, 0.15) is 25.8 Å². The highest BCUT2D eigenvalue weighted by atomic mass is 16.5. The third-order valence-electron chi connectivity index (χ3n) is 3.25. The Bertz CT molecular complexity index is 544. The van der Waals surface area contributed by atoms with Crippen LogP contribution < -0.4 is 10.1 Å². The summed E-state index contributed by atoms with van der Waals surface area (Å²) in [4.78, 5) is 8.03. The summed E-state index contributed by atoms with van der Waals surface area (Å²) in [6.07, 6.45) is 5.37.